The third kappa shape index (κ3) is 3.96. The van der Waals surface area contributed by atoms with E-state index in [4.69, 9.17) is 10.8 Å². The van der Waals surface area contributed by atoms with Crippen LogP contribution in [-0.4, -0.2) is 44.9 Å². The summed E-state index contributed by atoms with van der Waals surface area (Å²) in [5, 5.41) is 13.3. The molecule has 7 heteroatoms. The summed E-state index contributed by atoms with van der Waals surface area (Å²) in [7, 11) is 0. The number of carbonyl (C=O) groups is 2. The lowest BCUT2D eigenvalue weighted by atomic mass is 10.0. The molecule has 0 bridgehead atoms. The van der Waals surface area contributed by atoms with Gasteiger partial charge in [-0.05, 0) is 53.8 Å². The van der Waals surface area contributed by atoms with Crippen molar-refractivity contribution < 1.29 is 14.7 Å². The molecule has 3 N–H and O–H groups in total. The predicted molar refractivity (Wildman–Crippen MR) is 114 cm³/mol. The standard InChI is InChI=1S/C23H22N4O3/c1-15-12-21(22(24)28)25-27(15)20-8-4-17(5-9-20)13-16-2-6-18(7-3-16)19-10-11-26(14-19)23(29)30/h2-10,12H,11,13-14H2,1H3,(H2,24,28)(H,29,30). The Morgan fingerprint density at radius 1 is 1.07 bits per heavy atom. The van der Waals surface area contributed by atoms with Crippen LogP contribution in [0, 0.1) is 6.92 Å². The average molecular weight is 402 g/mol. The summed E-state index contributed by atoms with van der Waals surface area (Å²) < 4.78 is 1.70. The van der Waals surface area contributed by atoms with E-state index < -0.39 is 12.0 Å². The Morgan fingerprint density at radius 3 is 2.23 bits per heavy atom. The van der Waals surface area contributed by atoms with E-state index in [9.17, 15) is 9.59 Å². The maximum absolute atomic E-state index is 11.3. The molecule has 30 heavy (non-hydrogen) atoms. The molecule has 2 amide bonds. The van der Waals surface area contributed by atoms with E-state index in [0.717, 1.165) is 34.5 Å². The second kappa shape index (κ2) is 7.87. The number of primary amides is 1. The highest BCUT2D eigenvalue weighted by molar-refractivity contribution is 5.90. The Hall–Kier alpha value is -3.87. The van der Waals surface area contributed by atoms with Crippen LogP contribution < -0.4 is 5.73 Å². The second-order valence-corrected chi connectivity index (χ2v) is 7.38. The number of hydrogen-bond acceptors (Lipinski definition) is 3. The van der Waals surface area contributed by atoms with E-state index in [1.807, 2.05) is 49.4 Å². The molecule has 3 aromatic rings. The van der Waals surface area contributed by atoms with Gasteiger partial charge in [-0.1, -0.05) is 42.5 Å². The van der Waals surface area contributed by atoms with Gasteiger partial charge >= 0.3 is 6.09 Å². The van der Waals surface area contributed by atoms with E-state index in [1.165, 1.54) is 10.5 Å². The van der Waals surface area contributed by atoms with Crippen molar-refractivity contribution in [2.24, 2.45) is 5.73 Å². The molecule has 0 spiro atoms. The van der Waals surface area contributed by atoms with Crippen LogP contribution in [0.5, 0.6) is 0 Å². The van der Waals surface area contributed by atoms with Gasteiger partial charge in [0.2, 0.25) is 0 Å². The summed E-state index contributed by atoms with van der Waals surface area (Å²) in [5.41, 5.74) is 11.7. The van der Waals surface area contributed by atoms with Gasteiger partial charge in [-0.25, -0.2) is 9.48 Å². The Kier molecular flexibility index (Phi) is 5.10. The van der Waals surface area contributed by atoms with Crippen molar-refractivity contribution in [3.63, 3.8) is 0 Å². The van der Waals surface area contributed by atoms with Crippen molar-refractivity contribution in [1.82, 2.24) is 14.7 Å². The number of nitrogens with zero attached hydrogens (tertiary/aromatic N) is 3. The molecule has 0 aliphatic carbocycles. The average Bonchev–Trinajstić information content (AvgIpc) is 3.37. The largest absolute Gasteiger partial charge is 0.465 e. The van der Waals surface area contributed by atoms with Crippen molar-refractivity contribution in [3.05, 3.63) is 88.8 Å². The van der Waals surface area contributed by atoms with Crippen molar-refractivity contribution in [3.8, 4) is 5.69 Å². The minimum Gasteiger partial charge on any atom is -0.465 e. The lowest BCUT2D eigenvalue weighted by Crippen LogP contribution is -2.26. The number of amides is 2. The molecule has 1 aliphatic rings. The first-order chi connectivity index (χ1) is 14.4. The molecule has 2 heterocycles. The third-order valence-electron chi connectivity index (χ3n) is 5.24. The minimum atomic E-state index is -0.891. The van der Waals surface area contributed by atoms with Crippen LogP contribution in [0.1, 0.15) is 32.9 Å². The third-order valence-corrected chi connectivity index (χ3v) is 5.24. The fourth-order valence-corrected chi connectivity index (χ4v) is 3.59. The molecule has 0 saturated carbocycles. The molecular formula is C23H22N4O3. The predicted octanol–water partition coefficient (Wildman–Crippen LogP) is 3.25. The van der Waals surface area contributed by atoms with Crippen molar-refractivity contribution in [2.75, 3.05) is 13.1 Å². The highest BCUT2D eigenvalue weighted by Gasteiger charge is 2.19. The van der Waals surface area contributed by atoms with Gasteiger partial charge in [0.25, 0.3) is 5.91 Å². The first kappa shape index (κ1) is 19.4. The molecule has 2 aromatic carbocycles. The molecule has 0 saturated heterocycles. The maximum Gasteiger partial charge on any atom is 0.407 e. The molecule has 0 fully saturated rings. The number of aryl methyl sites for hydroxylation is 1. The zero-order valence-electron chi connectivity index (χ0n) is 16.6. The lowest BCUT2D eigenvalue weighted by molar-refractivity contribution is 0.0995. The van der Waals surface area contributed by atoms with Gasteiger partial charge < -0.3 is 15.7 Å². The topological polar surface area (TPSA) is 101 Å². The van der Waals surface area contributed by atoms with Gasteiger partial charge in [-0.3, -0.25) is 4.79 Å². The first-order valence-corrected chi connectivity index (χ1v) is 9.63. The highest BCUT2D eigenvalue weighted by atomic mass is 16.4. The molecule has 1 aromatic heterocycles. The van der Waals surface area contributed by atoms with Crippen LogP contribution in [0.25, 0.3) is 11.3 Å². The quantitative estimate of drug-likeness (QED) is 0.684. The van der Waals surface area contributed by atoms with Crippen LogP contribution in [0.15, 0.2) is 60.7 Å². The van der Waals surface area contributed by atoms with Gasteiger partial charge in [0.1, 0.15) is 0 Å². The van der Waals surface area contributed by atoms with E-state index in [-0.39, 0.29) is 5.69 Å². The Bertz CT molecular complexity index is 1130. The number of aromatic nitrogens is 2. The number of rotatable bonds is 5. The minimum absolute atomic E-state index is 0.250. The van der Waals surface area contributed by atoms with Crippen molar-refractivity contribution >= 4 is 17.6 Å². The SMILES string of the molecule is Cc1cc(C(N)=O)nn1-c1ccc(Cc2ccc(C3=CCN(C(=O)O)C3)cc2)cc1. The molecular weight excluding hydrogens is 380 g/mol. The van der Waals surface area contributed by atoms with E-state index in [0.29, 0.717) is 13.1 Å². The molecule has 0 radical (unpaired) electrons. The first-order valence-electron chi connectivity index (χ1n) is 9.63. The molecule has 4 rings (SSSR count). The normalized spacial score (nSPS) is 13.4. The van der Waals surface area contributed by atoms with Gasteiger partial charge in [0.15, 0.2) is 5.69 Å². The molecule has 1 aliphatic heterocycles. The highest BCUT2D eigenvalue weighted by Crippen LogP contribution is 2.22. The Balaban J connectivity index is 1.44. The van der Waals surface area contributed by atoms with Crippen LogP contribution >= 0.6 is 0 Å². The summed E-state index contributed by atoms with van der Waals surface area (Å²) in [6, 6.07) is 17.9. The fourth-order valence-electron chi connectivity index (χ4n) is 3.59. The van der Waals surface area contributed by atoms with Crippen molar-refractivity contribution in [2.45, 2.75) is 13.3 Å². The van der Waals surface area contributed by atoms with E-state index in [2.05, 4.69) is 17.2 Å². The molecule has 7 nitrogen and oxygen atoms in total. The Labute approximate surface area is 174 Å². The smallest absolute Gasteiger partial charge is 0.407 e. The number of hydrogen-bond donors (Lipinski definition) is 2. The van der Waals surface area contributed by atoms with Crippen LogP contribution in [-0.2, 0) is 6.42 Å². The van der Waals surface area contributed by atoms with Crippen LogP contribution in [0.2, 0.25) is 0 Å². The molecule has 0 unspecified atom stereocenters. The van der Waals surface area contributed by atoms with Gasteiger partial charge in [-0.2, -0.15) is 5.10 Å². The zero-order chi connectivity index (χ0) is 21.3. The molecule has 0 atom stereocenters. The Morgan fingerprint density at radius 2 is 1.70 bits per heavy atom. The zero-order valence-corrected chi connectivity index (χ0v) is 16.6. The van der Waals surface area contributed by atoms with Gasteiger partial charge in [-0.15, -0.1) is 0 Å². The van der Waals surface area contributed by atoms with Crippen molar-refractivity contribution in [1.29, 1.82) is 0 Å². The number of carboxylic acid groups (broad SMARTS) is 1. The number of benzene rings is 2. The van der Waals surface area contributed by atoms with Gasteiger partial charge in [0, 0.05) is 18.8 Å². The summed E-state index contributed by atoms with van der Waals surface area (Å²) in [6.07, 6.45) is 1.85. The molecule has 152 valence electrons. The van der Waals surface area contributed by atoms with E-state index >= 15 is 0 Å². The number of nitrogens with two attached hydrogens (primary N) is 1. The van der Waals surface area contributed by atoms with Crippen LogP contribution in [0.4, 0.5) is 4.79 Å². The summed E-state index contributed by atoms with van der Waals surface area (Å²) in [6.45, 7) is 2.75. The number of carbonyl (C=O) groups excluding carboxylic acids is 1. The van der Waals surface area contributed by atoms with Gasteiger partial charge in [0.05, 0.1) is 5.69 Å². The summed E-state index contributed by atoms with van der Waals surface area (Å²) in [5.74, 6) is -0.541. The summed E-state index contributed by atoms with van der Waals surface area (Å²) in [4.78, 5) is 23.8. The summed E-state index contributed by atoms with van der Waals surface area (Å²) >= 11 is 0. The second-order valence-electron chi connectivity index (χ2n) is 7.38. The van der Waals surface area contributed by atoms with Crippen LogP contribution in [0.3, 0.4) is 0 Å². The van der Waals surface area contributed by atoms with E-state index in [1.54, 1.807) is 10.7 Å². The maximum atomic E-state index is 11.3. The monoisotopic (exact) mass is 402 g/mol. The lowest BCUT2D eigenvalue weighted by Gasteiger charge is -2.11. The fraction of sp³-hybridized carbons (Fsp3) is 0.174.